The van der Waals surface area contributed by atoms with Gasteiger partial charge in [0.25, 0.3) is 11.8 Å². The molecule has 36 heavy (non-hydrogen) atoms. The highest BCUT2D eigenvalue weighted by Gasteiger charge is 2.25. The fourth-order valence-corrected chi connectivity index (χ4v) is 3.90. The monoisotopic (exact) mass is 507 g/mol. The van der Waals surface area contributed by atoms with Crippen LogP contribution in [-0.2, 0) is 46.4 Å². The summed E-state index contributed by atoms with van der Waals surface area (Å²) in [6, 6.07) is 0. The van der Waals surface area contributed by atoms with Crippen LogP contribution in [0.1, 0.15) is 31.9 Å². The molecule has 3 rings (SSSR count). The predicted molar refractivity (Wildman–Crippen MR) is 128 cm³/mol. The van der Waals surface area contributed by atoms with Gasteiger partial charge in [0.2, 0.25) is 5.91 Å². The zero-order chi connectivity index (χ0) is 25.6. The van der Waals surface area contributed by atoms with E-state index in [9.17, 15) is 14.4 Å². The summed E-state index contributed by atoms with van der Waals surface area (Å²) in [4.78, 5) is 38.3. The van der Waals surface area contributed by atoms with E-state index >= 15 is 0 Å². The van der Waals surface area contributed by atoms with E-state index in [0.717, 1.165) is 30.8 Å². The molecule has 0 bridgehead atoms. The smallest absolute Gasteiger partial charge is 0.253 e. The molecule has 0 saturated carbocycles. The molecule has 1 fully saturated rings. The second kappa shape index (κ2) is 15.4. The number of likely N-dealkylation sites (tertiary alicyclic amines) is 1. The lowest BCUT2D eigenvalue weighted by Crippen LogP contribution is -2.29. The topological polar surface area (TPSA) is 125 Å². The molecule has 0 spiro atoms. The van der Waals surface area contributed by atoms with E-state index in [1.807, 2.05) is 4.90 Å². The Morgan fingerprint density at radius 1 is 0.944 bits per heavy atom. The number of nitrogens with zero attached hydrogens (tertiary/aromatic N) is 5. The molecule has 1 aromatic rings. The summed E-state index contributed by atoms with van der Waals surface area (Å²) in [5.74, 6) is 0.141. The molecule has 2 aliphatic rings. The van der Waals surface area contributed by atoms with Gasteiger partial charge in [-0.05, 0) is 12.3 Å². The largest absolute Gasteiger partial charge is 0.379 e. The minimum absolute atomic E-state index is 0.103. The third-order valence-corrected chi connectivity index (χ3v) is 6.06. The molecule has 3 amide bonds. The number of aromatic nitrogens is 3. The number of amides is 3. The lowest BCUT2D eigenvalue weighted by molar-refractivity contribution is -0.137. The molecule has 12 nitrogen and oxygen atoms in total. The summed E-state index contributed by atoms with van der Waals surface area (Å²) in [6.07, 6.45) is 6.84. The van der Waals surface area contributed by atoms with E-state index in [-0.39, 0.29) is 24.3 Å². The van der Waals surface area contributed by atoms with Gasteiger partial charge < -0.3 is 23.8 Å². The first-order valence-electron chi connectivity index (χ1n) is 12.6. The summed E-state index contributed by atoms with van der Waals surface area (Å²) in [6.45, 7) is 8.14. The number of rotatable bonds is 18. The lowest BCUT2D eigenvalue weighted by atomic mass is 10.1. The SMILES string of the molecule is CC[C@@H]1CCN(C(=O)CCOCCOCCOCCOCCn2cc(CN3C(=O)C=CC3=O)nn2)C1. The number of ether oxygens (including phenoxy) is 4. The highest BCUT2D eigenvalue weighted by atomic mass is 16.6. The average Bonchev–Trinajstić information content (AvgIpc) is 3.61. The van der Waals surface area contributed by atoms with Crippen LogP contribution in [0.4, 0.5) is 0 Å². The lowest BCUT2D eigenvalue weighted by Gasteiger charge is -2.16. The Morgan fingerprint density at radius 3 is 2.17 bits per heavy atom. The third kappa shape index (κ3) is 9.41. The second-order valence-corrected chi connectivity index (χ2v) is 8.67. The van der Waals surface area contributed by atoms with Gasteiger partial charge in [0.05, 0.1) is 78.6 Å². The molecule has 12 heteroatoms. The van der Waals surface area contributed by atoms with Crippen LogP contribution in [-0.4, -0.2) is 108 Å². The Bertz CT molecular complexity index is 857. The van der Waals surface area contributed by atoms with E-state index in [1.165, 1.54) is 12.2 Å². The summed E-state index contributed by atoms with van der Waals surface area (Å²) in [5, 5.41) is 7.95. The number of carbonyl (C=O) groups is 3. The van der Waals surface area contributed by atoms with E-state index in [1.54, 1.807) is 10.9 Å². The molecule has 200 valence electrons. The minimum Gasteiger partial charge on any atom is -0.379 e. The summed E-state index contributed by atoms with van der Waals surface area (Å²) in [5.41, 5.74) is 0.537. The van der Waals surface area contributed by atoms with Crippen molar-refractivity contribution < 1.29 is 33.3 Å². The van der Waals surface area contributed by atoms with E-state index in [0.29, 0.717) is 77.4 Å². The molecule has 0 aliphatic carbocycles. The van der Waals surface area contributed by atoms with Gasteiger partial charge in [0.1, 0.15) is 5.69 Å². The Kier molecular flexibility index (Phi) is 12.0. The molecule has 0 N–H and O–H groups in total. The first kappa shape index (κ1) is 27.9. The Hall–Kier alpha value is -2.67. The van der Waals surface area contributed by atoms with Crippen LogP contribution in [0.5, 0.6) is 0 Å². The molecule has 1 atom stereocenters. The van der Waals surface area contributed by atoms with E-state index in [2.05, 4.69) is 17.2 Å². The van der Waals surface area contributed by atoms with Gasteiger partial charge in [-0.25, -0.2) is 4.68 Å². The fraction of sp³-hybridized carbons (Fsp3) is 0.708. The van der Waals surface area contributed by atoms with Crippen LogP contribution in [0, 0.1) is 5.92 Å². The van der Waals surface area contributed by atoms with Crippen LogP contribution < -0.4 is 0 Å². The quantitative estimate of drug-likeness (QED) is 0.205. The van der Waals surface area contributed by atoms with Crippen molar-refractivity contribution in [2.24, 2.45) is 5.92 Å². The van der Waals surface area contributed by atoms with Gasteiger partial charge in [-0.2, -0.15) is 0 Å². The first-order valence-corrected chi connectivity index (χ1v) is 12.6. The van der Waals surface area contributed by atoms with Crippen LogP contribution in [0.15, 0.2) is 18.3 Å². The molecule has 0 radical (unpaired) electrons. The van der Waals surface area contributed by atoms with Crippen molar-refractivity contribution in [3.8, 4) is 0 Å². The number of imide groups is 1. The number of hydrogen-bond donors (Lipinski definition) is 0. The standard InChI is InChI=1S/C24H37N5O7/c1-2-20-5-7-27(17-20)22(30)6-9-33-11-13-35-15-16-36-14-12-34-10-8-28-18-21(25-26-28)19-29-23(31)3-4-24(29)32/h3-4,18,20H,2,5-17,19H2,1H3/t20-/m1/s1. The molecule has 1 aromatic heterocycles. The van der Waals surface area contributed by atoms with Crippen molar-refractivity contribution >= 4 is 17.7 Å². The van der Waals surface area contributed by atoms with Crippen molar-refractivity contribution in [2.45, 2.75) is 39.3 Å². The Labute approximate surface area is 211 Å². The first-order chi connectivity index (χ1) is 17.6. The number of carbonyl (C=O) groups excluding carboxylic acids is 3. The van der Waals surface area contributed by atoms with E-state index in [4.69, 9.17) is 18.9 Å². The van der Waals surface area contributed by atoms with Gasteiger partial charge >= 0.3 is 0 Å². The van der Waals surface area contributed by atoms with E-state index < -0.39 is 0 Å². The maximum Gasteiger partial charge on any atom is 0.253 e. The normalized spacial score (nSPS) is 17.6. The van der Waals surface area contributed by atoms with Crippen LogP contribution in [0.25, 0.3) is 0 Å². The zero-order valence-electron chi connectivity index (χ0n) is 21.0. The van der Waals surface area contributed by atoms with Crippen LogP contribution >= 0.6 is 0 Å². The highest BCUT2D eigenvalue weighted by Crippen LogP contribution is 2.19. The van der Waals surface area contributed by atoms with Crippen LogP contribution in [0.3, 0.4) is 0 Å². The van der Waals surface area contributed by atoms with Gasteiger partial charge in [-0.3, -0.25) is 19.3 Å². The maximum absolute atomic E-state index is 12.1. The molecule has 0 aromatic carbocycles. The Morgan fingerprint density at radius 2 is 1.56 bits per heavy atom. The molecule has 0 unspecified atom stereocenters. The fourth-order valence-electron chi connectivity index (χ4n) is 3.90. The second-order valence-electron chi connectivity index (χ2n) is 8.67. The highest BCUT2D eigenvalue weighted by molar-refractivity contribution is 6.12. The van der Waals surface area contributed by atoms with Gasteiger partial charge in [0.15, 0.2) is 0 Å². The van der Waals surface area contributed by atoms with Crippen molar-refractivity contribution in [1.29, 1.82) is 0 Å². The Balaban J connectivity index is 1.07. The number of hydrogen-bond acceptors (Lipinski definition) is 9. The third-order valence-electron chi connectivity index (χ3n) is 6.06. The molecule has 2 aliphatic heterocycles. The molecular weight excluding hydrogens is 470 g/mol. The summed E-state index contributed by atoms with van der Waals surface area (Å²) < 4.78 is 23.5. The van der Waals surface area contributed by atoms with Gasteiger partial charge in [0, 0.05) is 25.2 Å². The van der Waals surface area contributed by atoms with Gasteiger partial charge in [-0.15, -0.1) is 5.10 Å². The predicted octanol–water partition coefficient (Wildman–Crippen LogP) is 0.418. The van der Waals surface area contributed by atoms with Crippen molar-refractivity contribution in [1.82, 2.24) is 24.8 Å². The maximum atomic E-state index is 12.1. The van der Waals surface area contributed by atoms with Crippen molar-refractivity contribution in [3.63, 3.8) is 0 Å². The van der Waals surface area contributed by atoms with Crippen molar-refractivity contribution in [3.05, 3.63) is 24.0 Å². The van der Waals surface area contributed by atoms with Crippen LogP contribution in [0.2, 0.25) is 0 Å². The zero-order valence-corrected chi connectivity index (χ0v) is 21.0. The minimum atomic E-state index is -0.345. The summed E-state index contributed by atoms with van der Waals surface area (Å²) >= 11 is 0. The van der Waals surface area contributed by atoms with Gasteiger partial charge in [-0.1, -0.05) is 18.6 Å². The molecule has 3 heterocycles. The molecular formula is C24H37N5O7. The van der Waals surface area contributed by atoms with Crippen molar-refractivity contribution in [2.75, 3.05) is 65.9 Å². The summed E-state index contributed by atoms with van der Waals surface area (Å²) in [7, 11) is 0. The average molecular weight is 508 g/mol. The molecule has 1 saturated heterocycles.